The maximum absolute atomic E-state index is 13.0. The monoisotopic (exact) mass is 479 g/mol. The van der Waals surface area contributed by atoms with Crippen LogP contribution in [0.5, 0.6) is 0 Å². The van der Waals surface area contributed by atoms with Gasteiger partial charge < -0.3 is 13.6 Å². The number of amides is 1. The largest absolute Gasteiger partial charge is 0.467 e. The highest BCUT2D eigenvalue weighted by atomic mass is 35.5. The Balaban J connectivity index is 1.30. The second-order valence-electron chi connectivity index (χ2n) is 7.61. The molecule has 5 rings (SSSR count). The van der Waals surface area contributed by atoms with Gasteiger partial charge in [0.2, 0.25) is 0 Å². The summed E-state index contributed by atoms with van der Waals surface area (Å²) >= 11 is 5.98. The first-order chi connectivity index (χ1) is 16.5. The second kappa shape index (κ2) is 9.03. The Morgan fingerprint density at radius 1 is 1.09 bits per heavy atom. The molecule has 172 valence electrons. The first-order valence-corrected chi connectivity index (χ1v) is 10.8. The average Bonchev–Trinajstić information content (AvgIpc) is 3.57. The quantitative estimate of drug-likeness (QED) is 0.390. The third-order valence-corrected chi connectivity index (χ3v) is 5.68. The number of aromatic nitrogens is 1. The van der Waals surface area contributed by atoms with Gasteiger partial charge in [0, 0.05) is 11.4 Å². The van der Waals surface area contributed by atoms with E-state index in [0.717, 1.165) is 10.1 Å². The maximum Gasteiger partial charge on any atom is 0.420 e. The summed E-state index contributed by atoms with van der Waals surface area (Å²) in [6.45, 7) is -0.929. The summed E-state index contributed by atoms with van der Waals surface area (Å²) in [6, 6.07) is 16.9. The van der Waals surface area contributed by atoms with Gasteiger partial charge in [0.1, 0.15) is 18.3 Å². The van der Waals surface area contributed by atoms with E-state index in [0.29, 0.717) is 34.0 Å². The number of esters is 1. The number of carbonyl (C=O) groups is 2. The number of rotatable bonds is 6. The Bertz CT molecular complexity index is 1440. The molecule has 0 radical (unpaired) electrons. The lowest BCUT2D eigenvalue weighted by Gasteiger charge is -2.19. The standard InChI is InChI=1S/C24H18ClN3O6/c25-16-9-7-15(8-10-16)17-12-19(20-6-3-11-32-20)28(26-17)22(29)14-33-23(30)13-27-18-4-1-2-5-21(18)34-24(27)31/h1-11,19H,12-14H2. The van der Waals surface area contributed by atoms with Crippen LogP contribution in [0.3, 0.4) is 0 Å². The Morgan fingerprint density at radius 2 is 1.88 bits per heavy atom. The van der Waals surface area contributed by atoms with E-state index in [1.165, 1.54) is 11.3 Å². The van der Waals surface area contributed by atoms with Crippen molar-refractivity contribution in [2.75, 3.05) is 6.61 Å². The summed E-state index contributed by atoms with van der Waals surface area (Å²) in [7, 11) is 0. The van der Waals surface area contributed by atoms with Crippen molar-refractivity contribution in [2.45, 2.75) is 19.0 Å². The highest BCUT2D eigenvalue weighted by molar-refractivity contribution is 6.30. The molecular weight excluding hydrogens is 462 g/mol. The van der Waals surface area contributed by atoms with Gasteiger partial charge >= 0.3 is 11.7 Å². The Kier molecular flexibility index (Phi) is 5.77. The minimum atomic E-state index is -0.752. The lowest BCUT2D eigenvalue weighted by molar-refractivity contribution is -0.153. The minimum Gasteiger partial charge on any atom is -0.467 e. The van der Waals surface area contributed by atoms with E-state index in [4.69, 9.17) is 25.2 Å². The average molecular weight is 480 g/mol. The van der Waals surface area contributed by atoms with Crippen molar-refractivity contribution in [2.24, 2.45) is 5.10 Å². The maximum atomic E-state index is 13.0. The number of fused-ring (bicyclic) bond motifs is 1. The third kappa shape index (κ3) is 4.25. The molecule has 1 aliphatic rings. The van der Waals surface area contributed by atoms with Crippen molar-refractivity contribution in [1.82, 2.24) is 9.58 Å². The molecule has 2 aromatic heterocycles. The molecule has 0 aliphatic carbocycles. The Labute approximate surface area is 197 Å². The van der Waals surface area contributed by atoms with Crippen molar-refractivity contribution in [3.63, 3.8) is 0 Å². The van der Waals surface area contributed by atoms with Crippen molar-refractivity contribution >= 4 is 40.3 Å². The molecule has 0 bridgehead atoms. The third-order valence-electron chi connectivity index (χ3n) is 5.43. The Hall–Kier alpha value is -4.11. The van der Waals surface area contributed by atoms with E-state index in [1.54, 1.807) is 48.5 Å². The van der Waals surface area contributed by atoms with Crippen LogP contribution in [0.25, 0.3) is 11.1 Å². The molecule has 2 aromatic carbocycles. The van der Waals surface area contributed by atoms with Gasteiger partial charge in [-0.05, 0) is 42.0 Å². The molecule has 10 heteroatoms. The molecule has 1 unspecified atom stereocenters. The Morgan fingerprint density at radius 3 is 2.65 bits per heavy atom. The number of ether oxygens (including phenoxy) is 1. The highest BCUT2D eigenvalue weighted by Crippen LogP contribution is 2.33. The zero-order valence-corrected chi connectivity index (χ0v) is 18.5. The number of carbonyl (C=O) groups excluding carboxylic acids is 2. The predicted molar refractivity (Wildman–Crippen MR) is 122 cm³/mol. The number of halogens is 1. The van der Waals surface area contributed by atoms with Crippen molar-refractivity contribution in [3.05, 3.63) is 93.8 Å². The molecule has 1 amide bonds. The molecule has 0 fully saturated rings. The number of hydrogen-bond donors (Lipinski definition) is 0. The molecule has 0 saturated heterocycles. The van der Waals surface area contributed by atoms with Crippen LogP contribution < -0.4 is 5.76 Å². The van der Waals surface area contributed by atoms with Crippen LogP contribution in [-0.4, -0.2) is 33.8 Å². The molecule has 0 N–H and O–H groups in total. The molecule has 1 aliphatic heterocycles. The summed E-state index contributed by atoms with van der Waals surface area (Å²) in [5, 5.41) is 6.32. The van der Waals surface area contributed by atoms with E-state index < -0.39 is 30.3 Å². The smallest absolute Gasteiger partial charge is 0.420 e. The summed E-state index contributed by atoms with van der Waals surface area (Å²) in [5.41, 5.74) is 2.32. The first kappa shape index (κ1) is 21.7. The van der Waals surface area contributed by atoms with Crippen LogP contribution in [0.4, 0.5) is 0 Å². The number of hydrazone groups is 1. The van der Waals surface area contributed by atoms with Gasteiger partial charge in [0.25, 0.3) is 5.91 Å². The fourth-order valence-electron chi connectivity index (χ4n) is 3.81. The lowest BCUT2D eigenvalue weighted by Crippen LogP contribution is -2.32. The topological polar surface area (TPSA) is 107 Å². The molecule has 4 aromatic rings. The highest BCUT2D eigenvalue weighted by Gasteiger charge is 2.35. The van der Waals surface area contributed by atoms with E-state index in [9.17, 15) is 14.4 Å². The van der Waals surface area contributed by atoms with Crippen LogP contribution in [0.15, 0.2) is 85.7 Å². The fraction of sp³-hybridized carbons (Fsp3) is 0.167. The van der Waals surface area contributed by atoms with Gasteiger partial charge in [-0.1, -0.05) is 35.9 Å². The molecule has 0 saturated carbocycles. The lowest BCUT2D eigenvalue weighted by atomic mass is 10.0. The van der Waals surface area contributed by atoms with Gasteiger partial charge in [-0.25, -0.2) is 9.80 Å². The zero-order chi connectivity index (χ0) is 23.7. The van der Waals surface area contributed by atoms with Gasteiger partial charge in [0.05, 0.1) is 17.5 Å². The summed E-state index contributed by atoms with van der Waals surface area (Å²) in [6.07, 6.45) is 1.94. The second-order valence-corrected chi connectivity index (χ2v) is 8.05. The van der Waals surface area contributed by atoms with Crippen LogP contribution in [0.1, 0.15) is 23.8 Å². The molecular formula is C24H18ClN3O6. The van der Waals surface area contributed by atoms with Crippen LogP contribution >= 0.6 is 11.6 Å². The number of oxazole rings is 1. The summed E-state index contributed by atoms with van der Waals surface area (Å²) in [4.78, 5) is 37.4. The number of para-hydroxylation sites is 2. The predicted octanol–water partition coefficient (Wildman–Crippen LogP) is 3.76. The SMILES string of the molecule is O=C(Cn1c(=O)oc2ccccc21)OCC(=O)N1N=C(c2ccc(Cl)cc2)CC1c1ccco1. The normalized spacial score (nSPS) is 15.5. The number of benzene rings is 2. The molecule has 3 heterocycles. The number of nitrogens with zero attached hydrogens (tertiary/aromatic N) is 3. The number of furan rings is 1. The van der Waals surface area contributed by atoms with Crippen LogP contribution in [-0.2, 0) is 20.9 Å². The van der Waals surface area contributed by atoms with E-state index in [-0.39, 0.29) is 6.54 Å². The van der Waals surface area contributed by atoms with Gasteiger partial charge in [-0.2, -0.15) is 5.10 Å². The van der Waals surface area contributed by atoms with Crippen molar-refractivity contribution < 1.29 is 23.2 Å². The minimum absolute atomic E-state index is 0.360. The molecule has 0 spiro atoms. The van der Waals surface area contributed by atoms with Crippen LogP contribution in [0.2, 0.25) is 5.02 Å². The van der Waals surface area contributed by atoms with E-state index in [2.05, 4.69) is 5.10 Å². The van der Waals surface area contributed by atoms with Crippen LogP contribution in [0, 0.1) is 0 Å². The molecule has 1 atom stereocenters. The molecule has 34 heavy (non-hydrogen) atoms. The molecule has 9 nitrogen and oxygen atoms in total. The first-order valence-electron chi connectivity index (χ1n) is 10.4. The van der Waals surface area contributed by atoms with Gasteiger partial charge in [0.15, 0.2) is 12.2 Å². The van der Waals surface area contributed by atoms with E-state index in [1.807, 2.05) is 12.1 Å². The summed E-state index contributed by atoms with van der Waals surface area (Å²) < 4.78 is 16.9. The van der Waals surface area contributed by atoms with Crippen molar-refractivity contribution in [3.8, 4) is 0 Å². The fourth-order valence-corrected chi connectivity index (χ4v) is 3.93. The van der Waals surface area contributed by atoms with Gasteiger partial charge in [-0.3, -0.25) is 14.2 Å². The zero-order valence-electron chi connectivity index (χ0n) is 17.7. The summed E-state index contributed by atoms with van der Waals surface area (Å²) in [5.74, 6) is -1.40. The van der Waals surface area contributed by atoms with Crippen molar-refractivity contribution in [1.29, 1.82) is 0 Å². The number of hydrogen-bond acceptors (Lipinski definition) is 7. The van der Waals surface area contributed by atoms with E-state index >= 15 is 0 Å². The van der Waals surface area contributed by atoms with Gasteiger partial charge in [-0.15, -0.1) is 0 Å².